The van der Waals surface area contributed by atoms with Crippen molar-refractivity contribution >= 4 is 5.91 Å². The zero-order valence-electron chi connectivity index (χ0n) is 14.0. The first-order chi connectivity index (χ1) is 9.60. The van der Waals surface area contributed by atoms with Crippen LogP contribution in [0.2, 0.25) is 0 Å². The lowest BCUT2D eigenvalue weighted by Gasteiger charge is -2.34. The molecule has 1 aliphatic carbocycles. The van der Waals surface area contributed by atoms with Gasteiger partial charge in [-0.3, -0.25) is 4.79 Å². The zero-order valence-corrected chi connectivity index (χ0v) is 14.0. The highest BCUT2D eigenvalue weighted by molar-refractivity contribution is 5.76. The molecule has 0 radical (unpaired) electrons. The summed E-state index contributed by atoms with van der Waals surface area (Å²) in [6, 6.07) is 0.583. The van der Waals surface area contributed by atoms with Gasteiger partial charge in [-0.25, -0.2) is 0 Å². The van der Waals surface area contributed by atoms with Crippen LogP contribution in [-0.4, -0.2) is 36.5 Å². The summed E-state index contributed by atoms with van der Waals surface area (Å²) in [7, 11) is 0. The van der Waals surface area contributed by atoms with Crippen LogP contribution >= 0.6 is 0 Å². The monoisotopic (exact) mass is 282 g/mol. The Bertz CT molecular complexity index is 268. The number of carbonyl (C=O) groups is 1. The lowest BCUT2D eigenvalue weighted by atomic mass is 9.79. The number of nitrogens with one attached hydrogen (secondary N) is 1. The zero-order chi connectivity index (χ0) is 15.0. The van der Waals surface area contributed by atoms with Crippen LogP contribution in [0.5, 0.6) is 0 Å². The van der Waals surface area contributed by atoms with Gasteiger partial charge in [-0.2, -0.15) is 0 Å². The van der Waals surface area contributed by atoms with E-state index in [9.17, 15) is 4.79 Å². The van der Waals surface area contributed by atoms with Crippen LogP contribution in [0, 0.1) is 11.8 Å². The lowest BCUT2D eigenvalue weighted by molar-refractivity contribution is -0.130. The summed E-state index contributed by atoms with van der Waals surface area (Å²) in [5, 5.41) is 3.68. The summed E-state index contributed by atoms with van der Waals surface area (Å²) < 4.78 is 0. The Morgan fingerprint density at radius 2 is 1.75 bits per heavy atom. The second-order valence-corrected chi connectivity index (χ2v) is 6.44. The van der Waals surface area contributed by atoms with Gasteiger partial charge in [0.2, 0.25) is 5.91 Å². The van der Waals surface area contributed by atoms with Crippen LogP contribution in [0.15, 0.2) is 0 Å². The molecule has 1 atom stereocenters. The third-order valence-corrected chi connectivity index (χ3v) is 4.71. The van der Waals surface area contributed by atoms with Crippen molar-refractivity contribution in [2.24, 2.45) is 11.8 Å². The normalized spacial score (nSPS) is 18.2. The van der Waals surface area contributed by atoms with Crippen molar-refractivity contribution in [1.82, 2.24) is 10.2 Å². The predicted octanol–water partition coefficient (Wildman–Crippen LogP) is 3.44. The second kappa shape index (κ2) is 9.38. The Hall–Kier alpha value is -0.570. The van der Waals surface area contributed by atoms with E-state index in [-0.39, 0.29) is 5.91 Å². The summed E-state index contributed by atoms with van der Waals surface area (Å²) in [6.07, 6.45) is 7.53. The van der Waals surface area contributed by atoms with E-state index in [0.29, 0.717) is 18.4 Å². The fourth-order valence-corrected chi connectivity index (χ4v) is 3.52. The highest BCUT2D eigenvalue weighted by Crippen LogP contribution is 2.29. The molecule has 1 amide bonds. The van der Waals surface area contributed by atoms with Gasteiger partial charge in [-0.05, 0) is 38.5 Å². The molecule has 3 heteroatoms. The topological polar surface area (TPSA) is 32.3 Å². The van der Waals surface area contributed by atoms with Crippen LogP contribution in [0.1, 0.15) is 66.2 Å². The Labute approximate surface area is 125 Å². The van der Waals surface area contributed by atoms with E-state index < -0.39 is 0 Å². The average Bonchev–Trinajstić information content (AvgIpc) is 2.45. The maximum atomic E-state index is 12.0. The van der Waals surface area contributed by atoms with Crippen molar-refractivity contribution in [2.45, 2.75) is 72.3 Å². The molecule has 1 aliphatic rings. The maximum absolute atomic E-state index is 12.0. The average molecular weight is 282 g/mol. The summed E-state index contributed by atoms with van der Waals surface area (Å²) in [4.78, 5) is 13.9. The molecule has 1 fully saturated rings. The number of carbonyl (C=O) groups excluding carboxylic acids is 1. The van der Waals surface area contributed by atoms with Crippen molar-refractivity contribution in [1.29, 1.82) is 0 Å². The first kappa shape index (κ1) is 17.5. The van der Waals surface area contributed by atoms with Gasteiger partial charge in [0.15, 0.2) is 0 Å². The molecule has 20 heavy (non-hydrogen) atoms. The van der Waals surface area contributed by atoms with Gasteiger partial charge in [-0.15, -0.1) is 0 Å². The van der Waals surface area contributed by atoms with Crippen LogP contribution < -0.4 is 5.32 Å². The van der Waals surface area contributed by atoms with Crippen LogP contribution in [0.25, 0.3) is 0 Å². The SMILES string of the molecule is CCN(CC)C(=O)CCN[C@@H](C(C)C)C1CCCCC1. The van der Waals surface area contributed by atoms with E-state index >= 15 is 0 Å². The smallest absolute Gasteiger partial charge is 0.223 e. The number of nitrogens with zero attached hydrogens (tertiary/aromatic N) is 1. The Morgan fingerprint density at radius 1 is 1.15 bits per heavy atom. The molecule has 0 bridgehead atoms. The first-order valence-corrected chi connectivity index (χ1v) is 8.61. The van der Waals surface area contributed by atoms with Crippen molar-refractivity contribution in [3.05, 3.63) is 0 Å². The van der Waals surface area contributed by atoms with Crippen LogP contribution in [0.4, 0.5) is 0 Å². The standard InChI is InChI=1S/C17H34N2O/c1-5-19(6-2)16(20)12-13-18-17(14(3)4)15-10-8-7-9-11-15/h14-15,17-18H,5-13H2,1-4H3/t17-/m0/s1. The van der Waals surface area contributed by atoms with Gasteiger partial charge in [0.1, 0.15) is 0 Å². The molecule has 1 rings (SSSR count). The molecule has 0 heterocycles. The molecule has 0 saturated heterocycles. The molecule has 0 aromatic heterocycles. The summed E-state index contributed by atoms with van der Waals surface area (Å²) in [5.74, 6) is 1.75. The number of hydrogen-bond acceptors (Lipinski definition) is 2. The fourth-order valence-electron chi connectivity index (χ4n) is 3.52. The van der Waals surface area contributed by atoms with E-state index in [1.807, 2.05) is 18.7 Å². The molecule has 3 nitrogen and oxygen atoms in total. The summed E-state index contributed by atoms with van der Waals surface area (Å²) in [5.41, 5.74) is 0. The van der Waals surface area contributed by atoms with E-state index in [2.05, 4.69) is 19.2 Å². The van der Waals surface area contributed by atoms with Gasteiger partial charge in [0.05, 0.1) is 0 Å². The molecular formula is C17H34N2O. The third-order valence-electron chi connectivity index (χ3n) is 4.71. The van der Waals surface area contributed by atoms with Crippen molar-refractivity contribution in [3.63, 3.8) is 0 Å². The minimum absolute atomic E-state index is 0.286. The summed E-state index contributed by atoms with van der Waals surface area (Å²) >= 11 is 0. The lowest BCUT2D eigenvalue weighted by Crippen LogP contribution is -2.43. The van der Waals surface area contributed by atoms with Gasteiger partial charge in [-0.1, -0.05) is 33.1 Å². The molecule has 0 aromatic carbocycles. The molecule has 1 N–H and O–H groups in total. The largest absolute Gasteiger partial charge is 0.343 e. The Balaban J connectivity index is 2.37. The van der Waals surface area contributed by atoms with E-state index in [0.717, 1.165) is 25.6 Å². The predicted molar refractivity (Wildman–Crippen MR) is 85.7 cm³/mol. The second-order valence-electron chi connectivity index (χ2n) is 6.44. The highest BCUT2D eigenvalue weighted by Gasteiger charge is 2.25. The van der Waals surface area contributed by atoms with Gasteiger partial charge in [0, 0.05) is 32.1 Å². The van der Waals surface area contributed by atoms with Gasteiger partial charge < -0.3 is 10.2 Å². The maximum Gasteiger partial charge on any atom is 0.223 e. The summed E-state index contributed by atoms with van der Waals surface area (Å²) in [6.45, 7) is 11.2. The molecule has 0 unspecified atom stereocenters. The van der Waals surface area contributed by atoms with E-state index in [1.54, 1.807) is 0 Å². The molecular weight excluding hydrogens is 248 g/mol. The number of amides is 1. The van der Waals surface area contributed by atoms with Crippen LogP contribution in [0.3, 0.4) is 0 Å². The molecule has 0 aromatic rings. The highest BCUT2D eigenvalue weighted by atomic mass is 16.2. The van der Waals surface area contributed by atoms with Crippen molar-refractivity contribution in [3.8, 4) is 0 Å². The molecule has 0 spiro atoms. The number of hydrogen-bond donors (Lipinski definition) is 1. The van der Waals surface area contributed by atoms with E-state index in [4.69, 9.17) is 0 Å². The minimum atomic E-state index is 0.286. The molecule has 1 saturated carbocycles. The Morgan fingerprint density at radius 3 is 2.25 bits per heavy atom. The van der Waals surface area contributed by atoms with Gasteiger partial charge >= 0.3 is 0 Å². The number of rotatable bonds is 8. The van der Waals surface area contributed by atoms with Gasteiger partial charge in [0.25, 0.3) is 0 Å². The fraction of sp³-hybridized carbons (Fsp3) is 0.941. The molecule has 118 valence electrons. The van der Waals surface area contributed by atoms with Crippen molar-refractivity contribution in [2.75, 3.05) is 19.6 Å². The quantitative estimate of drug-likeness (QED) is 0.739. The third kappa shape index (κ3) is 5.43. The first-order valence-electron chi connectivity index (χ1n) is 8.61. The minimum Gasteiger partial charge on any atom is -0.343 e. The Kier molecular flexibility index (Phi) is 8.20. The van der Waals surface area contributed by atoms with Crippen LogP contribution in [-0.2, 0) is 4.79 Å². The van der Waals surface area contributed by atoms with Crippen molar-refractivity contribution < 1.29 is 4.79 Å². The van der Waals surface area contributed by atoms with E-state index in [1.165, 1.54) is 32.1 Å². The molecule has 0 aliphatic heterocycles.